The SMILES string of the molecule is COC(=O)c1cc(/C=N/N(c2ccc(C)cc2)S(=O)[O-])c(F)c(F)c1Nc1ccc(I)cc1F. The highest BCUT2D eigenvalue weighted by atomic mass is 127. The molecule has 12 heteroatoms. The van der Waals surface area contributed by atoms with Gasteiger partial charge in [0.05, 0.1) is 47.2 Å². The predicted octanol–water partition coefficient (Wildman–Crippen LogP) is 5.18. The lowest BCUT2D eigenvalue weighted by molar-refractivity contribution is 0.0601. The molecule has 0 fully saturated rings. The van der Waals surface area contributed by atoms with Crippen LogP contribution in [-0.4, -0.2) is 28.1 Å². The first-order valence-electron chi connectivity index (χ1n) is 9.45. The summed E-state index contributed by atoms with van der Waals surface area (Å²) in [6.07, 6.45) is 0.746. The summed E-state index contributed by atoms with van der Waals surface area (Å²) in [5.74, 6) is -4.73. The van der Waals surface area contributed by atoms with Crippen molar-refractivity contribution in [1.29, 1.82) is 0 Å². The number of halogens is 4. The van der Waals surface area contributed by atoms with Crippen LogP contribution in [0.1, 0.15) is 21.5 Å². The van der Waals surface area contributed by atoms with Crippen LogP contribution in [0.4, 0.5) is 30.2 Å². The molecule has 0 heterocycles. The summed E-state index contributed by atoms with van der Waals surface area (Å²) in [7, 11) is 1.03. The molecule has 1 N–H and O–H groups in total. The van der Waals surface area contributed by atoms with Crippen LogP contribution in [0.5, 0.6) is 0 Å². The quantitative estimate of drug-likeness (QED) is 0.132. The van der Waals surface area contributed by atoms with Gasteiger partial charge in [0.2, 0.25) is 0 Å². The van der Waals surface area contributed by atoms with E-state index in [2.05, 4.69) is 15.2 Å². The van der Waals surface area contributed by atoms with Crippen molar-refractivity contribution in [2.24, 2.45) is 5.10 Å². The van der Waals surface area contributed by atoms with Gasteiger partial charge in [-0.3, -0.25) is 4.21 Å². The molecule has 7 nitrogen and oxygen atoms in total. The van der Waals surface area contributed by atoms with Crippen LogP contribution in [0.3, 0.4) is 0 Å². The Morgan fingerprint density at radius 2 is 1.82 bits per heavy atom. The van der Waals surface area contributed by atoms with Crippen molar-refractivity contribution >= 4 is 63.1 Å². The second kappa shape index (κ2) is 11.0. The van der Waals surface area contributed by atoms with Crippen LogP contribution >= 0.6 is 22.6 Å². The minimum Gasteiger partial charge on any atom is -0.754 e. The first-order valence-corrected chi connectivity index (χ1v) is 11.6. The van der Waals surface area contributed by atoms with E-state index in [1.807, 2.05) is 22.6 Å². The molecule has 0 radical (unpaired) electrons. The molecule has 0 spiro atoms. The Morgan fingerprint density at radius 1 is 1.15 bits per heavy atom. The third kappa shape index (κ3) is 5.74. The number of hydrogen-bond acceptors (Lipinski definition) is 6. The number of methoxy groups -OCH3 is 1. The van der Waals surface area contributed by atoms with E-state index in [1.54, 1.807) is 19.1 Å². The van der Waals surface area contributed by atoms with Gasteiger partial charge in [0, 0.05) is 9.13 Å². The number of nitrogens with one attached hydrogen (secondary N) is 1. The molecule has 0 aromatic heterocycles. The average molecular weight is 602 g/mol. The number of hydrogen-bond donors (Lipinski definition) is 1. The fraction of sp³-hybridized carbons (Fsp3) is 0.0909. The monoisotopic (exact) mass is 602 g/mol. The summed E-state index contributed by atoms with van der Waals surface area (Å²) in [6, 6.07) is 11.1. The van der Waals surface area contributed by atoms with Crippen LogP contribution < -0.4 is 9.73 Å². The molecule has 0 bridgehead atoms. The van der Waals surface area contributed by atoms with Crippen LogP contribution in [0.25, 0.3) is 0 Å². The van der Waals surface area contributed by atoms with Crippen LogP contribution in [0.2, 0.25) is 0 Å². The fourth-order valence-corrected chi connectivity index (χ4v) is 3.71. The van der Waals surface area contributed by atoms with E-state index in [0.717, 1.165) is 25.0 Å². The highest BCUT2D eigenvalue weighted by Crippen LogP contribution is 2.30. The first kappa shape index (κ1) is 25.6. The second-order valence-electron chi connectivity index (χ2n) is 6.83. The predicted molar refractivity (Wildman–Crippen MR) is 130 cm³/mol. The number of hydrazone groups is 1. The fourth-order valence-electron chi connectivity index (χ4n) is 2.84. The first-order chi connectivity index (χ1) is 16.1. The van der Waals surface area contributed by atoms with E-state index >= 15 is 4.39 Å². The number of anilines is 3. The lowest BCUT2D eigenvalue weighted by atomic mass is 10.1. The molecule has 0 aliphatic carbocycles. The Kier molecular flexibility index (Phi) is 8.28. The van der Waals surface area contributed by atoms with Crippen molar-refractivity contribution in [3.63, 3.8) is 0 Å². The molecule has 34 heavy (non-hydrogen) atoms. The van der Waals surface area contributed by atoms with E-state index < -0.39 is 51.5 Å². The van der Waals surface area contributed by atoms with Gasteiger partial charge < -0.3 is 14.6 Å². The second-order valence-corrected chi connectivity index (χ2v) is 8.85. The van der Waals surface area contributed by atoms with Crippen molar-refractivity contribution < 1.29 is 31.5 Å². The molecule has 0 saturated heterocycles. The summed E-state index contributed by atoms with van der Waals surface area (Å²) in [4.78, 5) is 12.3. The Labute approximate surface area is 209 Å². The molecule has 1 unspecified atom stereocenters. The van der Waals surface area contributed by atoms with Crippen LogP contribution in [0.15, 0.2) is 53.6 Å². The number of esters is 1. The maximum atomic E-state index is 15.0. The van der Waals surface area contributed by atoms with E-state index in [4.69, 9.17) is 0 Å². The molecule has 0 saturated carbocycles. The summed E-state index contributed by atoms with van der Waals surface area (Å²) >= 11 is -0.996. The normalized spacial score (nSPS) is 12.0. The van der Waals surface area contributed by atoms with Crippen molar-refractivity contribution in [1.82, 2.24) is 0 Å². The van der Waals surface area contributed by atoms with Gasteiger partial charge in [-0.15, -0.1) is 0 Å². The molecule has 0 aliphatic heterocycles. The Bertz CT molecular complexity index is 1290. The number of aryl methyl sites for hydroxylation is 1. The standard InChI is InChI=1S/C22H17F3IN3O4S/c1-12-3-6-15(7-4-12)29(34(31)32)27-11-13-9-16(22(30)33-2)21(20(25)19(13)24)28-18-8-5-14(26)10-17(18)23/h3-11,28H,1-2H3,(H,31,32)/p-1/b27-11+. The molecule has 0 aliphatic rings. The van der Waals surface area contributed by atoms with E-state index in [1.165, 1.54) is 30.3 Å². The van der Waals surface area contributed by atoms with Gasteiger partial charge in [0.1, 0.15) is 5.82 Å². The van der Waals surface area contributed by atoms with Gasteiger partial charge in [0.25, 0.3) is 0 Å². The Hall–Kier alpha value is -2.97. The topological polar surface area (TPSA) is 94.1 Å². The van der Waals surface area contributed by atoms with E-state index in [0.29, 0.717) is 7.98 Å². The van der Waals surface area contributed by atoms with Crippen molar-refractivity contribution in [3.05, 3.63) is 86.2 Å². The van der Waals surface area contributed by atoms with Gasteiger partial charge in [-0.05, 0) is 65.9 Å². The highest BCUT2D eigenvalue weighted by Gasteiger charge is 2.24. The number of carbonyl (C=O) groups is 1. The zero-order valence-electron chi connectivity index (χ0n) is 17.6. The smallest absolute Gasteiger partial charge is 0.340 e. The molecule has 3 rings (SSSR count). The zero-order chi connectivity index (χ0) is 25.0. The molecule has 1 atom stereocenters. The maximum Gasteiger partial charge on any atom is 0.340 e. The minimum absolute atomic E-state index is 0.150. The maximum absolute atomic E-state index is 15.0. The average Bonchev–Trinajstić information content (AvgIpc) is 2.80. The number of ether oxygens (including phenoxy) is 1. The summed E-state index contributed by atoms with van der Waals surface area (Å²) in [6.45, 7) is 1.80. The van der Waals surface area contributed by atoms with E-state index in [-0.39, 0.29) is 11.4 Å². The molecule has 0 amide bonds. The van der Waals surface area contributed by atoms with Crippen molar-refractivity contribution in [2.75, 3.05) is 16.8 Å². The molecule has 178 valence electrons. The largest absolute Gasteiger partial charge is 0.754 e. The van der Waals surface area contributed by atoms with Crippen molar-refractivity contribution in [2.45, 2.75) is 6.92 Å². The zero-order valence-corrected chi connectivity index (χ0v) is 20.6. The third-order valence-corrected chi connectivity index (χ3v) is 5.79. The molecule has 3 aromatic carbocycles. The number of nitrogens with zero attached hydrogens (tertiary/aromatic N) is 2. The summed E-state index contributed by atoms with van der Waals surface area (Å²) in [5, 5.41) is 6.10. The lowest BCUT2D eigenvalue weighted by Crippen LogP contribution is -2.19. The summed E-state index contributed by atoms with van der Waals surface area (Å²) in [5.41, 5.74) is -0.813. The minimum atomic E-state index is -2.87. The van der Waals surface area contributed by atoms with Gasteiger partial charge >= 0.3 is 5.97 Å². The van der Waals surface area contributed by atoms with E-state index in [9.17, 15) is 22.3 Å². The van der Waals surface area contributed by atoms with Gasteiger partial charge in [0.15, 0.2) is 11.6 Å². The van der Waals surface area contributed by atoms with Gasteiger partial charge in [-0.1, -0.05) is 17.7 Å². The molecular formula is C22H16F3IN3O4S-. The molecular weight excluding hydrogens is 586 g/mol. The molecule has 3 aromatic rings. The lowest BCUT2D eigenvalue weighted by Gasteiger charge is -2.21. The Morgan fingerprint density at radius 3 is 2.41 bits per heavy atom. The third-order valence-electron chi connectivity index (χ3n) is 4.53. The highest BCUT2D eigenvalue weighted by molar-refractivity contribution is 14.1. The van der Waals surface area contributed by atoms with Gasteiger partial charge in [-0.2, -0.15) is 9.52 Å². The number of benzene rings is 3. The van der Waals surface area contributed by atoms with Gasteiger partial charge in [-0.25, -0.2) is 18.0 Å². The Balaban J connectivity index is 2.06. The van der Waals surface area contributed by atoms with Crippen LogP contribution in [0, 0.1) is 27.9 Å². The van der Waals surface area contributed by atoms with Crippen LogP contribution in [-0.2, 0) is 16.0 Å². The number of carbonyl (C=O) groups excluding carboxylic acids is 1. The summed E-state index contributed by atoms with van der Waals surface area (Å²) < 4.78 is 73.1. The van der Waals surface area contributed by atoms with Crippen molar-refractivity contribution in [3.8, 4) is 0 Å². The number of rotatable bonds is 7.